The quantitative estimate of drug-likeness (QED) is 0.595. The van der Waals surface area contributed by atoms with E-state index in [9.17, 15) is 13.6 Å². The van der Waals surface area contributed by atoms with Crippen LogP contribution in [0.15, 0.2) is 53.1 Å². The second-order valence-corrected chi connectivity index (χ2v) is 6.84. The molecule has 28 heavy (non-hydrogen) atoms. The fraction of sp³-hybridized carbons (Fsp3) is 0.273. The number of benzene rings is 2. The highest BCUT2D eigenvalue weighted by atomic mass is 19.2. The van der Waals surface area contributed by atoms with E-state index in [1.165, 1.54) is 11.0 Å². The number of rotatable bonds is 6. The minimum absolute atomic E-state index is 0.132. The molecule has 0 radical (unpaired) electrons. The van der Waals surface area contributed by atoms with Crippen LogP contribution in [0.1, 0.15) is 36.4 Å². The number of hydrogen-bond acceptors (Lipinski definition) is 3. The lowest BCUT2D eigenvalue weighted by molar-refractivity contribution is -0.131. The smallest absolute Gasteiger partial charge is 0.223 e. The van der Waals surface area contributed by atoms with Crippen molar-refractivity contribution in [2.24, 2.45) is 0 Å². The second kappa shape index (κ2) is 8.33. The summed E-state index contributed by atoms with van der Waals surface area (Å²) in [5.74, 6) is -0.817. The zero-order valence-corrected chi connectivity index (χ0v) is 16.1. The average Bonchev–Trinajstić information content (AvgIpc) is 3.16. The fourth-order valence-electron chi connectivity index (χ4n) is 2.88. The van der Waals surface area contributed by atoms with Crippen LogP contribution >= 0.6 is 0 Å². The number of carbonyl (C=O) groups is 1. The molecule has 0 fully saturated rings. The van der Waals surface area contributed by atoms with E-state index in [4.69, 9.17) is 4.42 Å². The van der Waals surface area contributed by atoms with Crippen LogP contribution in [0.25, 0.3) is 11.3 Å². The van der Waals surface area contributed by atoms with Crippen LogP contribution in [-0.4, -0.2) is 22.8 Å². The van der Waals surface area contributed by atoms with Crippen LogP contribution < -0.4 is 0 Å². The number of hydrogen-bond donors (Lipinski definition) is 0. The second-order valence-electron chi connectivity index (χ2n) is 6.84. The Kier molecular flexibility index (Phi) is 5.87. The minimum Gasteiger partial charge on any atom is -0.441 e. The molecule has 3 aromatic rings. The van der Waals surface area contributed by atoms with Gasteiger partial charge in [-0.2, -0.15) is 0 Å². The Balaban J connectivity index is 1.60. The molecule has 1 aromatic heterocycles. The largest absolute Gasteiger partial charge is 0.441 e. The van der Waals surface area contributed by atoms with Gasteiger partial charge in [-0.3, -0.25) is 4.79 Å². The van der Waals surface area contributed by atoms with Gasteiger partial charge in [0, 0.05) is 25.5 Å². The van der Waals surface area contributed by atoms with Gasteiger partial charge >= 0.3 is 0 Å². The van der Waals surface area contributed by atoms with Crippen LogP contribution in [0.4, 0.5) is 8.78 Å². The molecule has 146 valence electrons. The maximum absolute atomic E-state index is 13.4. The van der Waals surface area contributed by atoms with E-state index in [0.29, 0.717) is 23.6 Å². The summed E-state index contributed by atoms with van der Waals surface area (Å²) < 4.78 is 32.3. The Labute approximate surface area is 162 Å². The topological polar surface area (TPSA) is 46.3 Å². The predicted octanol–water partition coefficient (Wildman–Crippen LogP) is 5.08. The maximum atomic E-state index is 13.4. The number of amides is 1. The first-order valence-electron chi connectivity index (χ1n) is 9.07. The molecule has 0 aliphatic heterocycles. The van der Waals surface area contributed by atoms with Gasteiger partial charge in [-0.25, -0.2) is 13.8 Å². The minimum atomic E-state index is -0.923. The van der Waals surface area contributed by atoms with Crippen molar-refractivity contribution in [3.05, 3.63) is 77.3 Å². The van der Waals surface area contributed by atoms with Crippen LogP contribution in [-0.2, 0) is 11.2 Å². The summed E-state index contributed by atoms with van der Waals surface area (Å²) in [6, 6.07) is 11.2. The normalized spacial score (nSPS) is 12.0. The van der Waals surface area contributed by atoms with E-state index in [1.54, 1.807) is 20.2 Å². The highest BCUT2D eigenvalue weighted by molar-refractivity contribution is 5.76. The summed E-state index contributed by atoms with van der Waals surface area (Å²) in [7, 11) is 1.64. The Morgan fingerprint density at radius 2 is 1.86 bits per heavy atom. The molecule has 0 saturated heterocycles. The van der Waals surface area contributed by atoms with Crippen molar-refractivity contribution < 1.29 is 18.0 Å². The van der Waals surface area contributed by atoms with Crippen LogP contribution in [0.2, 0.25) is 0 Å². The van der Waals surface area contributed by atoms with Gasteiger partial charge in [-0.1, -0.05) is 35.9 Å². The Morgan fingerprint density at radius 1 is 1.14 bits per heavy atom. The summed E-state index contributed by atoms with van der Waals surface area (Å²) in [5, 5.41) is 0. The SMILES string of the molecule is Cc1ccc(-c2cnc(CCC(=O)N(C)[C@H](C)c3ccc(F)c(F)c3)o2)cc1. The van der Waals surface area contributed by atoms with Crippen molar-refractivity contribution in [1.29, 1.82) is 0 Å². The molecular weight excluding hydrogens is 362 g/mol. The van der Waals surface area contributed by atoms with Crippen LogP contribution in [0.5, 0.6) is 0 Å². The lowest BCUT2D eigenvalue weighted by Gasteiger charge is -2.25. The number of aryl methyl sites for hydroxylation is 2. The van der Waals surface area contributed by atoms with Gasteiger partial charge in [0.2, 0.25) is 5.91 Å². The van der Waals surface area contributed by atoms with Crippen LogP contribution in [0, 0.1) is 18.6 Å². The molecule has 0 aliphatic rings. The molecule has 1 atom stereocenters. The van der Waals surface area contributed by atoms with E-state index < -0.39 is 11.6 Å². The molecule has 0 bridgehead atoms. The summed E-state index contributed by atoms with van der Waals surface area (Å²) in [5.41, 5.74) is 2.62. The van der Waals surface area contributed by atoms with E-state index >= 15 is 0 Å². The van der Waals surface area contributed by atoms with E-state index in [-0.39, 0.29) is 18.4 Å². The third-order valence-electron chi connectivity index (χ3n) is 4.84. The summed E-state index contributed by atoms with van der Waals surface area (Å²) in [4.78, 5) is 18.2. The van der Waals surface area contributed by atoms with Crippen LogP contribution in [0.3, 0.4) is 0 Å². The van der Waals surface area contributed by atoms with Gasteiger partial charge in [0.1, 0.15) is 0 Å². The van der Waals surface area contributed by atoms with Crippen molar-refractivity contribution in [2.75, 3.05) is 7.05 Å². The Bertz CT molecular complexity index is 967. The predicted molar refractivity (Wildman–Crippen MR) is 103 cm³/mol. The van der Waals surface area contributed by atoms with Crippen molar-refractivity contribution in [2.45, 2.75) is 32.7 Å². The van der Waals surface area contributed by atoms with Gasteiger partial charge in [0.05, 0.1) is 12.2 Å². The number of oxazole rings is 1. The molecule has 4 nitrogen and oxygen atoms in total. The fourth-order valence-corrected chi connectivity index (χ4v) is 2.88. The molecule has 0 aliphatic carbocycles. The summed E-state index contributed by atoms with van der Waals surface area (Å²) >= 11 is 0. The van der Waals surface area contributed by atoms with Crippen molar-refractivity contribution in [3.63, 3.8) is 0 Å². The van der Waals surface area contributed by atoms with E-state index in [2.05, 4.69) is 4.98 Å². The van der Waals surface area contributed by atoms with Crippen molar-refractivity contribution >= 4 is 5.91 Å². The average molecular weight is 384 g/mol. The summed E-state index contributed by atoms with van der Waals surface area (Å²) in [6.45, 7) is 3.78. The van der Waals surface area contributed by atoms with E-state index in [0.717, 1.165) is 23.3 Å². The first-order chi connectivity index (χ1) is 13.3. The van der Waals surface area contributed by atoms with Gasteiger partial charge in [0.25, 0.3) is 0 Å². The van der Waals surface area contributed by atoms with Crippen molar-refractivity contribution in [3.8, 4) is 11.3 Å². The van der Waals surface area contributed by atoms with Gasteiger partial charge in [-0.15, -0.1) is 0 Å². The molecule has 0 N–H and O–H groups in total. The summed E-state index contributed by atoms with van der Waals surface area (Å²) in [6.07, 6.45) is 2.22. The number of nitrogens with zero attached hydrogens (tertiary/aromatic N) is 2. The number of carbonyl (C=O) groups excluding carboxylic acids is 1. The molecule has 1 amide bonds. The van der Waals surface area contributed by atoms with Gasteiger partial charge < -0.3 is 9.32 Å². The number of aromatic nitrogens is 1. The molecule has 2 aromatic carbocycles. The maximum Gasteiger partial charge on any atom is 0.223 e. The monoisotopic (exact) mass is 384 g/mol. The highest BCUT2D eigenvalue weighted by Crippen LogP contribution is 2.23. The first kappa shape index (κ1) is 19.7. The third-order valence-corrected chi connectivity index (χ3v) is 4.84. The molecular formula is C22H22F2N2O2. The third kappa shape index (κ3) is 4.44. The molecule has 6 heteroatoms. The Hall–Kier alpha value is -3.02. The molecule has 0 unspecified atom stereocenters. The highest BCUT2D eigenvalue weighted by Gasteiger charge is 2.19. The number of halogens is 2. The van der Waals surface area contributed by atoms with Gasteiger partial charge in [0.15, 0.2) is 23.3 Å². The standard InChI is InChI=1S/C22H22F2N2O2/c1-14-4-6-16(7-5-14)20-13-25-21(28-20)10-11-22(27)26(3)15(2)17-8-9-18(23)19(24)12-17/h4-9,12-13,15H,10-11H2,1-3H3/t15-/m1/s1. The molecule has 0 saturated carbocycles. The molecule has 0 spiro atoms. The van der Waals surface area contributed by atoms with Crippen molar-refractivity contribution in [1.82, 2.24) is 9.88 Å². The zero-order chi connectivity index (χ0) is 20.3. The zero-order valence-electron chi connectivity index (χ0n) is 16.1. The van der Waals surface area contributed by atoms with E-state index in [1.807, 2.05) is 31.2 Å². The lowest BCUT2D eigenvalue weighted by atomic mass is 10.1. The Morgan fingerprint density at radius 3 is 2.54 bits per heavy atom. The lowest BCUT2D eigenvalue weighted by Crippen LogP contribution is -2.30. The van der Waals surface area contributed by atoms with Gasteiger partial charge in [-0.05, 0) is 31.5 Å². The first-order valence-corrected chi connectivity index (χ1v) is 9.07. The molecule has 1 heterocycles. The molecule has 3 rings (SSSR count).